The van der Waals surface area contributed by atoms with Crippen LogP contribution in [0.15, 0.2) is 18.2 Å². The van der Waals surface area contributed by atoms with E-state index in [-0.39, 0.29) is 35.8 Å². The Labute approximate surface area is 189 Å². The van der Waals surface area contributed by atoms with Crippen LogP contribution in [0.4, 0.5) is 5.69 Å². The molecule has 0 atom stereocenters. The molecule has 0 saturated heterocycles. The number of hydrogen-bond acceptors (Lipinski definition) is 6. The van der Waals surface area contributed by atoms with Crippen LogP contribution in [0, 0.1) is 0 Å². The van der Waals surface area contributed by atoms with Gasteiger partial charge in [-0.15, -0.1) is 0 Å². The molecule has 9 nitrogen and oxygen atoms in total. The molecular formula is C18H22Cl2N4O5S. The molecule has 0 aliphatic carbocycles. The number of halogens is 2. The Balaban J connectivity index is 2.23. The molecule has 4 N–H and O–H groups in total. The van der Waals surface area contributed by atoms with Crippen LogP contribution in [0.5, 0.6) is 0 Å². The molecule has 0 aromatic heterocycles. The number of esters is 1. The van der Waals surface area contributed by atoms with Gasteiger partial charge in [-0.05, 0) is 36.8 Å². The molecule has 0 heterocycles. The van der Waals surface area contributed by atoms with Gasteiger partial charge in [-0.1, -0.05) is 30.1 Å². The van der Waals surface area contributed by atoms with Crippen molar-refractivity contribution in [2.24, 2.45) is 0 Å². The zero-order valence-electron chi connectivity index (χ0n) is 16.2. The molecule has 1 aromatic rings. The van der Waals surface area contributed by atoms with Crippen molar-refractivity contribution in [2.45, 2.75) is 39.0 Å². The van der Waals surface area contributed by atoms with E-state index in [1.54, 1.807) is 12.1 Å². The van der Waals surface area contributed by atoms with E-state index in [9.17, 15) is 19.2 Å². The van der Waals surface area contributed by atoms with Crippen molar-refractivity contribution in [2.75, 3.05) is 11.9 Å². The van der Waals surface area contributed by atoms with E-state index in [0.717, 1.165) is 0 Å². The van der Waals surface area contributed by atoms with E-state index in [4.69, 9.17) is 40.2 Å². The zero-order chi connectivity index (χ0) is 22.5. The summed E-state index contributed by atoms with van der Waals surface area (Å²) in [7, 11) is 0. The topological polar surface area (TPSA) is 126 Å². The van der Waals surface area contributed by atoms with Crippen LogP contribution < -0.4 is 21.5 Å². The summed E-state index contributed by atoms with van der Waals surface area (Å²) in [6.45, 7) is 2.16. The second kappa shape index (κ2) is 13.7. The van der Waals surface area contributed by atoms with E-state index >= 15 is 0 Å². The van der Waals surface area contributed by atoms with Gasteiger partial charge in [0, 0.05) is 24.3 Å². The maximum Gasteiger partial charge on any atom is 0.306 e. The van der Waals surface area contributed by atoms with Gasteiger partial charge in [-0.2, -0.15) is 0 Å². The molecule has 0 radical (unpaired) electrons. The summed E-state index contributed by atoms with van der Waals surface area (Å²) < 4.78 is 4.85. The van der Waals surface area contributed by atoms with Gasteiger partial charge in [-0.25, -0.2) is 0 Å². The molecule has 0 aliphatic heterocycles. The zero-order valence-corrected chi connectivity index (χ0v) is 18.5. The van der Waals surface area contributed by atoms with Crippen molar-refractivity contribution >= 4 is 69.9 Å². The van der Waals surface area contributed by atoms with Crippen LogP contribution >= 0.6 is 35.4 Å². The molecule has 0 bridgehead atoms. The molecule has 0 saturated carbocycles. The smallest absolute Gasteiger partial charge is 0.306 e. The van der Waals surface area contributed by atoms with Crippen LogP contribution in [0.25, 0.3) is 0 Å². The average molecular weight is 477 g/mol. The highest BCUT2D eigenvalue weighted by molar-refractivity contribution is 7.80. The molecule has 1 aromatic carbocycles. The van der Waals surface area contributed by atoms with E-state index in [1.165, 1.54) is 6.07 Å². The fourth-order valence-corrected chi connectivity index (χ4v) is 2.56. The summed E-state index contributed by atoms with van der Waals surface area (Å²) in [5.41, 5.74) is 4.98. The summed E-state index contributed by atoms with van der Waals surface area (Å²) in [5, 5.41) is 5.45. The third-order valence-corrected chi connectivity index (χ3v) is 4.13. The lowest BCUT2D eigenvalue weighted by Crippen LogP contribution is -2.48. The Morgan fingerprint density at radius 3 is 2.30 bits per heavy atom. The van der Waals surface area contributed by atoms with Gasteiger partial charge >= 0.3 is 5.97 Å². The number of hydrazine groups is 1. The molecule has 0 unspecified atom stereocenters. The third-order valence-electron chi connectivity index (χ3n) is 3.38. The van der Waals surface area contributed by atoms with Crippen LogP contribution in [0.3, 0.4) is 0 Å². The molecule has 0 aliphatic rings. The van der Waals surface area contributed by atoms with Crippen molar-refractivity contribution in [1.29, 1.82) is 0 Å². The second-order valence-electron chi connectivity index (χ2n) is 5.94. The Morgan fingerprint density at radius 2 is 1.63 bits per heavy atom. The Morgan fingerprint density at radius 1 is 0.967 bits per heavy atom. The average Bonchev–Trinajstić information content (AvgIpc) is 2.69. The van der Waals surface area contributed by atoms with Crippen molar-refractivity contribution in [3.05, 3.63) is 28.2 Å². The number of benzene rings is 1. The molecule has 12 heteroatoms. The molecule has 30 heavy (non-hydrogen) atoms. The lowest BCUT2D eigenvalue weighted by molar-refractivity contribution is -0.144. The number of nitrogens with one attached hydrogen (secondary N) is 4. The number of carbonyl (C=O) groups is 4. The van der Waals surface area contributed by atoms with Crippen molar-refractivity contribution in [3.8, 4) is 0 Å². The molecule has 164 valence electrons. The van der Waals surface area contributed by atoms with Gasteiger partial charge in [0.25, 0.3) is 0 Å². The summed E-state index contributed by atoms with van der Waals surface area (Å²) in [6.07, 6.45) is 0.275. The van der Waals surface area contributed by atoms with Gasteiger partial charge in [0.2, 0.25) is 17.7 Å². The first-order valence-corrected chi connectivity index (χ1v) is 10.2. The van der Waals surface area contributed by atoms with Crippen molar-refractivity contribution in [3.63, 3.8) is 0 Å². The standard InChI is InChI=1S/C18H22Cl2N4O5S/c1-2-9-29-17(28)8-7-15(26)22-18(30)24-23-16(27)6-5-14(25)21-13-4-3-11(19)10-12(13)20/h3-4,10H,2,5-9H2,1H3,(H,21,25)(H,23,27)(H2,22,24,26,30). The van der Waals surface area contributed by atoms with Gasteiger partial charge in [-0.3, -0.25) is 30.0 Å². The number of anilines is 1. The first-order chi connectivity index (χ1) is 14.2. The largest absolute Gasteiger partial charge is 0.466 e. The lowest BCUT2D eigenvalue weighted by atomic mass is 10.2. The van der Waals surface area contributed by atoms with Crippen LogP contribution in [0.2, 0.25) is 10.0 Å². The summed E-state index contributed by atoms with van der Waals surface area (Å²) >= 11 is 16.6. The number of ether oxygens (including phenoxy) is 1. The summed E-state index contributed by atoms with van der Waals surface area (Å²) in [6, 6.07) is 4.61. The highest BCUT2D eigenvalue weighted by Crippen LogP contribution is 2.25. The van der Waals surface area contributed by atoms with E-state index in [0.29, 0.717) is 23.7 Å². The van der Waals surface area contributed by atoms with Crippen molar-refractivity contribution in [1.82, 2.24) is 16.2 Å². The van der Waals surface area contributed by atoms with E-state index in [2.05, 4.69) is 21.5 Å². The predicted molar refractivity (Wildman–Crippen MR) is 117 cm³/mol. The first-order valence-electron chi connectivity index (χ1n) is 9.00. The molecule has 1 rings (SSSR count). The fraction of sp³-hybridized carbons (Fsp3) is 0.389. The predicted octanol–water partition coefficient (Wildman–Crippen LogP) is 2.47. The van der Waals surface area contributed by atoms with Crippen molar-refractivity contribution < 1.29 is 23.9 Å². The van der Waals surface area contributed by atoms with Gasteiger partial charge in [0.15, 0.2) is 5.11 Å². The highest BCUT2D eigenvalue weighted by atomic mass is 35.5. The van der Waals surface area contributed by atoms with Gasteiger partial charge in [0.05, 0.1) is 23.7 Å². The minimum Gasteiger partial charge on any atom is -0.466 e. The molecular weight excluding hydrogens is 455 g/mol. The second-order valence-corrected chi connectivity index (χ2v) is 7.20. The quantitative estimate of drug-likeness (QED) is 0.245. The number of carbonyl (C=O) groups excluding carboxylic acids is 4. The maximum absolute atomic E-state index is 11.9. The van der Waals surface area contributed by atoms with Gasteiger partial charge < -0.3 is 15.4 Å². The Kier molecular flexibility index (Phi) is 11.7. The fourth-order valence-electron chi connectivity index (χ4n) is 1.94. The third kappa shape index (κ3) is 10.9. The first kappa shape index (κ1) is 25.6. The van der Waals surface area contributed by atoms with Crippen LogP contribution in [-0.2, 0) is 23.9 Å². The molecule has 0 spiro atoms. The number of rotatable bonds is 9. The van der Waals surface area contributed by atoms with E-state index < -0.39 is 23.7 Å². The highest BCUT2D eigenvalue weighted by Gasteiger charge is 2.12. The molecule has 0 fully saturated rings. The maximum atomic E-state index is 11.9. The van der Waals surface area contributed by atoms with Gasteiger partial charge in [0.1, 0.15) is 0 Å². The number of thiocarbonyl (C=S) groups is 1. The van der Waals surface area contributed by atoms with Crippen LogP contribution in [-0.4, -0.2) is 35.4 Å². The summed E-state index contributed by atoms with van der Waals surface area (Å²) in [5.74, 6) is -1.92. The lowest BCUT2D eigenvalue weighted by Gasteiger charge is -2.11. The van der Waals surface area contributed by atoms with E-state index in [1.807, 2.05) is 6.92 Å². The minimum absolute atomic E-state index is 0.0758. The SMILES string of the molecule is CCCOC(=O)CCC(=O)NC(=S)NNC(=O)CCC(=O)Nc1ccc(Cl)cc1Cl. The Bertz CT molecular complexity index is 807. The number of hydrogen-bond donors (Lipinski definition) is 4. The normalized spacial score (nSPS) is 9.97. The minimum atomic E-state index is -0.521. The van der Waals surface area contributed by atoms with Crippen LogP contribution in [0.1, 0.15) is 39.0 Å². The molecule has 3 amide bonds. The monoisotopic (exact) mass is 476 g/mol. The number of amides is 3. The Hall–Kier alpha value is -2.43. The summed E-state index contributed by atoms with van der Waals surface area (Å²) in [4.78, 5) is 46.7.